The smallest absolute Gasteiger partial charge is 0.159 e. The molecule has 0 fully saturated rings. The summed E-state index contributed by atoms with van der Waals surface area (Å²) in [6.45, 7) is 3.01. The third-order valence-corrected chi connectivity index (χ3v) is 1.70. The van der Waals surface area contributed by atoms with Gasteiger partial charge >= 0.3 is 0 Å². The fourth-order valence-electron chi connectivity index (χ4n) is 0.940. The first-order chi connectivity index (χ1) is 5.61. The number of carbonyl (C=O) groups excluding carboxylic acids is 2. The van der Waals surface area contributed by atoms with E-state index in [4.69, 9.17) is 0 Å². The summed E-state index contributed by atoms with van der Waals surface area (Å²) in [6, 6.07) is 6.66. The fraction of sp³-hybridized carbons (Fsp3) is 0.200. The molecule has 71 valence electrons. The second kappa shape index (κ2) is 5.55. The average Bonchev–Trinajstić information content (AvgIpc) is 2.04. The minimum Gasteiger partial charge on any atom is -0.295 e. The monoisotopic (exact) mass is 321 g/mol. The van der Waals surface area contributed by atoms with Crippen molar-refractivity contribution < 1.29 is 48.2 Å². The van der Waals surface area contributed by atoms with Gasteiger partial charge in [0.2, 0.25) is 0 Å². The van der Waals surface area contributed by atoms with Gasteiger partial charge in [0.05, 0.1) is 0 Å². The molecule has 0 aliphatic carbocycles. The SMILES string of the molecule is CC(=O)c1ccc(C(C)=O)cc1.[Tb]. The van der Waals surface area contributed by atoms with E-state index in [1.807, 2.05) is 0 Å². The van der Waals surface area contributed by atoms with Gasteiger partial charge in [0.25, 0.3) is 0 Å². The van der Waals surface area contributed by atoms with Crippen LogP contribution in [-0.2, 0) is 0 Å². The van der Waals surface area contributed by atoms with Crippen LogP contribution in [0, 0.1) is 38.6 Å². The van der Waals surface area contributed by atoms with Gasteiger partial charge in [-0.25, -0.2) is 0 Å². The van der Waals surface area contributed by atoms with Gasteiger partial charge in [0, 0.05) is 49.7 Å². The van der Waals surface area contributed by atoms with E-state index in [1.165, 1.54) is 13.8 Å². The van der Waals surface area contributed by atoms with E-state index in [9.17, 15) is 9.59 Å². The molecule has 0 N–H and O–H groups in total. The zero-order chi connectivity index (χ0) is 9.14. The van der Waals surface area contributed by atoms with E-state index in [0.717, 1.165) is 0 Å². The Morgan fingerprint density at radius 2 is 1.08 bits per heavy atom. The van der Waals surface area contributed by atoms with Gasteiger partial charge in [-0.15, -0.1) is 0 Å². The number of Topliss-reactive ketones (excluding diaryl/α,β-unsaturated/α-hetero) is 2. The van der Waals surface area contributed by atoms with E-state index >= 15 is 0 Å². The Morgan fingerprint density at radius 3 is 1.23 bits per heavy atom. The standard InChI is InChI=1S/C10H10O2.Tb/c1-7(11)9-3-5-10(6-4-9)8(2)12;/h3-6H,1-2H3;. The van der Waals surface area contributed by atoms with Crippen molar-refractivity contribution in [2.75, 3.05) is 0 Å². The Kier molecular flexibility index (Phi) is 5.48. The third-order valence-electron chi connectivity index (χ3n) is 1.70. The van der Waals surface area contributed by atoms with Crippen LogP contribution < -0.4 is 0 Å². The van der Waals surface area contributed by atoms with Crippen LogP contribution in [0.1, 0.15) is 34.6 Å². The van der Waals surface area contributed by atoms with Crippen LogP contribution in [0.15, 0.2) is 24.3 Å². The van der Waals surface area contributed by atoms with Gasteiger partial charge in [-0.1, -0.05) is 24.3 Å². The van der Waals surface area contributed by atoms with Crippen molar-refractivity contribution in [1.29, 1.82) is 0 Å². The Balaban J connectivity index is 0.00000144. The molecule has 0 spiro atoms. The summed E-state index contributed by atoms with van der Waals surface area (Å²) in [5.74, 6) is 0.0372. The summed E-state index contributed by atoms with van der Waals surface area (Å²) >= 11 is 0. The van der Waals surface area contributed by atoms with Crippen LogP contribution in [0.2, 0.25) is 0 Å². The maximum Gasteiger partial charge on any atom is 0.159 e. The predicted octanol–water partition coefficient (Wildman–Crippen LogP) is 2.09. The fourth-order valence-corrected chi connectivity index (χ4v) is 0.940. The van der Waals surface area contributed by atoms with E-state index in [2.05, 4.69) is 0 Å². The van der Waals surface area contributed by atoms with Crippen molar-refractivity contribution in [3.8, 4) is 0 Å². The van der Waals surface area contributed by atoms with Crippen molar-refractivity contribution in [2.24, 2.45) is 0 Å². The molecule has 0 atom stereocenters. The Bertz CT molecular complexity index is 281. The molecule has 13 heavy (non-hydrogen) atoms. The molecule has 0 aliphatic rings. The molecule has 0 saturated heterocycles. The van der Waals surface area contributed by atoms with Crippen LogP contribution in [-0.4, -0.2) is 11.6 Å². The molecule has 1 rings (SSSR count). The second-order valence-electron chi connectivity index (χ2n) is 2.69. The molecule has 0 saturated carbocycles. The summed E-state index contributed by atoms with van der Waals surface area (Å²) in [4.78, 5) is 21.7. The Morgan fingerprint density at radius 1 is 0.846 bits per heavy atom. The largest absolute Gasteiger partial charge is 0.295 e. The molecular formula is C10H10O2Tb. The van der Waals surface area contributed by atoms with Crippen molar-refractivity contribution in [3.63, 3.8) is 0 Å². The van der Waals surface area contributed by atoms with Gasteiger partial charge in [-0.05, 0) is 13.8 Å². The normalized spacial score (nSPS) is 8.77. The number of rotatable bonds is 2. The molecule has 3 heteroatoms. The first-order valence-corrected chi connectivity index (χ1v) is 3.73. The van der Waals surface area contributed by atoms with Crippen molar-refractivity contribution in [1.82, 2.24) is 0 Å². The molecule has 0 aliphatic heterocycles. The summed E-state index contributed by atoms with van der Waals surface area (Å²) < 4.78 is 0. The summed E-state index contributed by atoms with van der Waals surface area (Å²) in [6.07, 6.45) is 0. The Hall–Kier alpha value is -0.154. The third kappa shape index (κ3) is 3.61. The first-order valence-electron chi connectivity index (χ1n) is 3.73. The van der Waals surface area contributed by atoms with E-state index in [1.54, 1.807) is 24.3 Å². The Labute approximate surface area is 108 Å². The first kappa shape index (κ1) is 12.8. The summed E-state index contributed by atoms with van der Waals surface area (Å²) in [5, 5.41) is 0. The van der Waals surface area contributed by atoms with E-state index in [-0.39, 0.29) is 50.2 Å². The number of hydrogen-bond donors (Lipinski definition) is 0. The zero-order valence-electron chi connectivity index (χ0n) is 7.46. The van der Waals surface area contributed by atoms with Crippen molar-refractivity contribution in [3.05, 3.63) is 35.4 Å². The minimum absolute atomic E-state index is 0. The quantitative estimate of drug-likeness (QED) is 0.782. The molecule has 0 amide bonds. The van der Waals surface area contributed by atoms with Crippen LogP contribution in [0.25, 0.3) is 0 Å². The van der Waals surface area contributed by atoms with Crippen LogP contribution >= 0.6 is 0 Å². The van der Waals surface area contributed by atoms with Crippen molar-refractivity contribution in [2.45, 2.75) is 13.8 Å². The maximum atomic E-state index is 10.8. The van der Waals surface area contributed by atoms with Crippen LogP contribution in [0.5, 0.6) is 0 Å². The molecule has 1 radical (unpaired) electrons. The van der Waals surface area contributed by atoms with Gasteiger partial charge in [-0.3, -0.25) is 9.59 Å². The number of carbonyl (C=O) groups is 2. The molecule has 0 heterocycles. The summed E-state index contributed by atoms with van der Waals surface area (Å²) in [7, 11) is 0. The van der Waals surface area contributed by atoms with Crippen molar-refractivity contribution >= 4 is 11.6 Å². The van der Waals surface area contributed by atoms with Crippen LogP contribution in [0.3, 0.4) is 0 Å². The maximum absolute atomic E-state index is 10.8. The molecule has 0 aromatic heterocycles. The molecule has 1 aromatic carbocycles. The van der Waals surface area contributed by atoms with Gasteiger partial charge in [-0.2, -0.15) is 0 Å². The van der Waals surface area contributed by atoms with Gasteiger partial charge in [0.1, 0.15) is 0 Å². The van der Waals surface area contributed by atoms with Gasteiger partial charge in [0.15, 0.2) is 11.6 Å². The summed E-state index contributed by atoms with van der Waals surface area (Å²) in [5.41, 5.74) is 1.28. The number of hydrogen-bond acceptors (Lipinski definition) is 2. The zero-order valence-corrected chi connectivity index (χ0v) is 9.60. The average molecular weight is 321 g/mol. The van der Waals surface area contributed by atoms with Gasteiger partial charge < -0.3 is 0 Å². The van der Waals surface area contributed by atoms with E-state index < -0.39 is 0 Å². The molecule has 1 aromatic rings. The predicted molar refractivity (Wildman–Crippen MR) is 46.5 cm³/mol. The second-order valence-corrected chi connectivity index (χ2v) is 2.69. The molecular weight excluding hydrogens is 311 g/mol. The van der Waals surface area contributed by atoms with E-state index in [0.29, 0.717) is 11.1 Å². The number of benzene rings is 1. The minimum atomic E-state index is 0. The number of ketones is 2. The molecule has 2 nitrogen and oxygen atoms in total. The van der Waals surface area contributed by atoms with Crippen LogP contribution in [0.4, 0.5) is 0 Å². The molecule has 0 unspecified atom stereocenters. The molecule has 0 bridgehead atoms. The topological polar surface area (TPSA) is 34.1 Å².